The molecule has 0 radical (unpaired) electrons. The van der Waals surface area contributed by atoms with E-state index in [-0.39, 0.29) is 28.9 Å². The van der Waals surface area contributed by atoms with Crippen molar-refractivity contribution in [3.63, 3.8) is 0 Å². The van der Waals surface area contributed by atoms with Crippen LogP contribution in [0.3, 0.4) is 0 Å². The van der Waals surface area contributed by atoms with Crippen molar-refractivity contribution >= 4 is 11.7 Å². The molecule has 3 aromatic rings. The second-order valence-electron chi connectivity index (χ2n) is 9.64. The van der Waals surface area contributed by atoms with E-state index in [2.05, 4.69) is 0 Å². The van der Waals surface area contributed by atoms with Crippen LogP contribution in [-0.2, 0) is 4.74 Å². The predicted octanol–water partition coefficient (Wildman–Crippen LogP) is 7.26. The SMILES string of the molecule is C[C@H](COCCCCCCCCCOc1ccc(-c2ccc(C(=O)O)cc2)cc1)Oc1ccc(O)cc1[N+](=O)[O-]. The quantitative estimate of drug-likeness (QED) is 0.0960. The van der Waals surface area contributed by atoms with Gasteiger partial charge in [-0.3, -0.25) is 10.1 Å². The third kappa shape index (κ3) is 10.2. The van der Waals surface area contributed by atoms with Crippen molar-refractivity contribution in [2.45, 2.75) is 58.0 Å². The smallest absolute Gasteiger partial charge is 0.335 e. The first kappa shape index (κ1) is 30.4. The molecule has 40 heavy (non-hydrogen) atoms. The number of nitro groups is 1. The van der Waals surface area contributed by atoms with Gasteiger partial charge in [-0.2, -0.15) is 0 Å². The van der Waals surface area contributed by atoms with E-state index in [0.29, 0.717) is 19.8 Å². The molecule has 0 saturated carbocycles. The molecule has 0 amide bonds. The van der Waals surface area contributed by atoms with Crippen LogP contribution in [0.25, 0.3) is 11.1 Å². The molecule has 0 saturated heterocycles. The van der Waals surface area contributed by atoms with Crippen LogP contribution < -0.4 is 9.47 Å². The number of phenols is 1. The number of nitrogens with zero attached hydrogens (tertiary/aromatic N) is 1. The number of rotatable bonds is 18. The molecule has 3 aromatic carbocycles. The third-order valence-corrected chi connectivity index (χ3v) is 6.34. The number of aromatic carboxylic acids is 1. The van der Waals surface area contributed by atoms with Gasteiger partial charge in [0.05, 0.1) is 29.8 Å². The van der Waals surface area contributed by atoms with E-state index in [9.17, 15) is 20.0 Å². The van der Waals surface area contributed by atoms with Crippen LogP contribution >= 0.6 is 0 Å². The lowest BCUT2D eigenvalue weighted by Crippen LogP contribution is -2.20. The molecule has 0 aliphatic rings. The third-order valence-electron chi connectivity index (χ3n) is 6.34. The fraction of sp³-hybridized carbons (Fsp3) is 0.387. The van der Waals surface area contributed by atoms with E-state index >= 15 is 0 Å². The minimum absolute atomic E-state index is 0.115. The maximum absolute atomic E-state index is 11.1. The zero-order chi connectivity index (χ0) is 28.7. The first-order chi connectivity index (χ1) is 19.3. The lowest BCUT2D eigenvalue weighted by molar-refractivity contribution is -0.386. The number of hydrogen-bond acceptors (Lipinski definition) is 7. The molecule has 0 heterocycles. The Labute approximate surface area is 234 Å². The van der Waals surface area contributed by atoms with Crippen molar-refractivity contribution in [2.24, 2.45) is 0 Å². The lowest BCUT2D eigenvalue weighted by Gasteiger charge is -2.15. The maximum atomic E-state index is 11.1. The fourth-order valence-electron chi connectivity index (χ4n) is 4.18. The Bertz CT molecular complexity index is 1210. The van der Waals surface area contributed by atoms with Gasteiger partial charge in [0, 0.05) is 6.61 Å². The van der Waals surface area contributed by atoms with Gasteiger partial charge >= 0.3 is 11.7 Å². The summed E-state index contributed by atoms with van der Waals surface area (Å²) in [5, 5.41) is 29.6. The van der Waals surface area contributed by atoms with Crippen LogP contribution in [0.2, 0.25) is 0 Å². The van der Waals surface area contributed by atoms with Gasteiger partial charge in [0.25, 0.3) is 0 Å². The van der Waals surface area contributed by atoms with Crippen LogP contribution in [0.4, 0.5) is 5.69 Å². The number of benzene rings is 3. The Morgan fingerprint density at radius 3 is 2.02 bits per heavy atom. The largest absolute Gasteiger partial charge is 0.508 e. The molecule has 214 valence electrons. The van der Waals surface area contributed by atoms with Crippen LogP contribution in [0.5, 0.6) is 17.2 Å². The molecule has 3 rings (SSSR count). The summed E-state index contributed by atoms with van der Waals surface area (Å²) in [5.74, 6) is -0.167. The number of unbranched alkanes of at least 4 members (excludes halogenated alkanes) is 6. The van der Waals surface area contributed by atoms with Crippen LogP contribution in [0.15, 0.2) is 66.7 Å². The molecular weight excluding hydrogens is 514 g/mol. The Hall–Kier alpha value is -4.11. The maximum Gasteiger partial charge on any atom is 0.335 e. The van der Waals surface area contributed by atoms with E-state index in [1.165, 1.54) is 18.6 Å². The zero-order valence-electron chi connectivity index (χ0n) is 22.8. The van der Waals surface area contributed by atoms with Gasteiger partial charge in [0.2, 0.25) is 0 Å². The molecule has 1 atom stereocenters. The van der Waals surface area contributed by atoms with Crippen molar-refractivity contribution < 1.29 is 34.1 Å². The van der Waals surface area contributed by atoms with Crippen molar-refractivity contribution in [1.82, 2.24) is 0 Å². The van der Waals surface area contributed by atoms with Crippen molar-refractivity contribution in [2.75, 3.05) is 19.8 Å². The van der Waals surface area contributed by atoms with E-state index in [1.54, 1.807) is 31.2 Å². The Morgan fingerprint density at radius 1 is 0.850 bits per heavy atom. The highest BCUT2D eigenvalue weighted by Gasteiger charge is 2.18. The number of aromatic hydroxyl groups is 1. The summed E-state index contributed by atoms with van der Waals surface area (Å²) in [5.41, 5.74) is 1.98. The number of carboxylic acids is 1. The van der Waals surface area contributed by atoms with Gasteiger partial charge in [-0.25, -0.2) is 4.79 Å². The summed E-state index contributed by atoms with van der Waals surface area (Å²) < 4.78 is 17.1. The molecule has 0 aliphatic carbocycles. The molecule has 0 bridgehead atoms. The Morgan fingerprint density at radius 2 is 1.43 bits per heavy atom. The molecule has 0 spiro atoms. The summed E-state index contributed by atoms with van der Waals surface area (Å²) in [6, 6.07) is 18.5. The summed E-state index contributed by atoms with van der Waals surface area (Å²) >= 11 is 0. The van der Waals surface area contributed by atoms with E-state index < -0.39 is 10.9 Å². The Kier molecular flexibility index (Phi) is 12.2. The number of nitro benzene ring substituents is 1. The minimum Gasteiger partial charge on any atom is -0.508 e. The average molecular weight is 552 g/mol. The summed E-state index contributed by atoms with van der Waals surface area (Å²) in [6.07, 6.45) is 7.27. The molecule has 9 nitrogen and oxygen atoms in total. The molecule has 0 unspecified atom stereocenters. The van der Waals surface area contributed by atoms with Gasteiger partial charge < -0.3 is 24.4 Å². The Balaban J connectivity index is 1.18. The molecule has 0 aliphatic heterocycles. The predicted molar refractivity (Wildman–Crippen MR) is 152 cm³/mol. The first-order valence-electron chi connectivity index (χ1n) is 13.6. The number of phenolic OH excluding ortho intramolecular Hbond substituents is 1. The number of hydrogen-bond donors (Lipinski definition) is 2. The lowest BCUT2D eigenvalue weighted by atomic mass is 10.0. The molecule has 2 N–H and O–H groups in total. The fourth-order valence-corrected chi connectivity index (χ4v) is 4.18. The zero-order valence-corrected chi connectivity index (χ0v) is 22.8. The van der Waals surface area contributed by atoms with Crippen molar-refractivity contribution in [3.05, 3.63) is 82.4 Å². The van der Waals surface area contributed by atoms with Crippen molar-refractivity contribution in [3.8, 4) is 28.4 Å². The molecule has 9 heteroatoms. The minimum atomic E-state index is -0.931. The normalized spacial score (nSPS) is 11.6. The standard InChI is InChI=1S/C31H37NO8/c1-23(40-30-18-15-27(33)21-29(30)32(36)37)22-38-19-7-5-3-2-4-6-8-20-39-28-16-13-25(14-17-28)24-9-11-26(12-10-24)31(34)35/h9-18,21,23,33H,2-8,19-20,22H2,1H3,(H,34,35)/t23-/m1/s1. The summed E-state index contributed by atoms with van der Waals surface area (Å²) in [4.78, 5) is 21.5. The monoisotopic (exact) mass is 551 g/mol. The second-order valence-corrected chi connectivity index (χ2v) is 9.64. The highest BCUT2D eigenvalue weighted by molar-refractivity contribution is 5.88. The van der Waals surface area contributed by atoms with Gasteiger partial charge in [0.1, 0.15) is 17.6 Å². The first-order valence-corrected chi connectivity index (χ1v) is 13.6. The van der Waals surface area contributed by atoms with Crippen LogP contribution in [0.1, 0.15) is 62.2 Å². The number of carboxylic acid groups (broad SMARTS) is 1. The summed E-state index contributed by atoms with van der Waals surface area (Å²) in [6.45, 7) is 3.42. The van der Waals surface area contributed by atoms with E-state index in [1.807, 2.05) is 24.3 Å². The summed E-state index contributed by atoms with van der Waals surface area (Å²) in [7, 11) is 0. The van der Waals surface area contributed by atoms with Gasteiger partial charge in [0.15, 0.2) is 5.75 Å². The number of carbonyl (C=O) groups is 1. The van der Waals surface area contributed by atoms with Gasteiger partial charge in [-0.15, -0.1) is 0 Å². The van der Waals surface area contributed by atoms with Crippen molar-refractivity contribution in [1.29, 1.82) is 0 Å². The van der Waals surface area contributed by atoms with Gasteiger partial charge in [-0.05, 0) is 67.3 Å². The molecule has 0 aromatic heterocycles. The highest BCUT2D eigenvalue weighted by Crippen LogP contribution is 2.31. The van der Waals surface area contributed by atoms with Crippen LogP contribution in [-0.4, -0.2) is 47.0 Å². The molecular formula is C31H37NO8. The average Bonchev–Trinajstić information content (AvgIpc) is 2.95. The molecule has 0 fully saturated rings. The highest BCUT2D eigenvalue weighted by atomic mass is 16.6. The van der Waals surface area contributed by atoms with E-state index in [4.69, 9.17) is 19.3 Å². The van der Waals surface area contributed by atoms with Gasteiger partial charge in [-0.1, -0.05) is 56.4 Å². The topological polar surface area (TPSA) is 128 Å². The number of ether oxygens (including phenoxy) is 3. The second kappa shape index (κ2) is 16.1. The van der Waals surface area contributed by atoms with Crippen LogP contribution in [0, 0.1) is 10.1 Å². The van der Waals surface area contributed by atoms with E-state index in [0.717, 1.165) is 61.5 Å².